The van der Waals surface area contributed by atoms with Crippen LogP contribution in [-0.2, 0) is 4.74 Å². The minimum atomic E-state index is 0.0514. The molecule has 2 aliphatic rings. The summed E-state index contributed by atoms with van der Waals surface area (Å²) in [5.41, 5.74) is 2.17. The normalized spacial score (nSPS) is 21.0. The third-order valence-corrected chi connectivity index (χ3v) is 7.27. The molecule has 2 aliphatic heterocycles. The maximum atomic E-state index is 5.94. The van der Waals surface area contributed by atoms with Crippen LogP contribution in [0.5, 0.6) is 0 Å². The van der Waals surface area contributed by atoms with Crippen molar-refractivity contribution >= 4 is 43.3 Å². The Bertz CT molecular complexity index is 925. The fourth-order valence-electron chi connectivity index (χ4n) is 3.86. The van der Waals surface area contributed by atoms with E-state index in [0.29, 0.717) is 0 Å². The molecule has 7 heteroatoms. The van der Waals surface area contributed by atoms with E-state index in [1.54, 1.807) is 11.3 Å². The van der Waals surface area contributed by atoms with Crippen molar-refractivity contribution in [1.29, 1.82) is 0 Å². The zero-order valence-electron chi connectivity index (χ0n) is 14.5. The Hall–Kier alpha value is -1.44. The number of rotatable bonds is 3. The lowest BCUT2D eigenvalue weighted by Crippen LogP contribution is -2.19. The summed E-state index contributed by atoms with van der Waals surface area (Å²) >= 11 is 5.53. The van der Waals surface area contributed by atoms with Crippen molar-refractivity contribution in [3.8, 4) is 10.6 Å². The molecule has 5 heterocycles. The molecule has 2 fully saturated rings. The predicted octanol–water partition coefficient (Wildman–Crippen LogP) is 5.22. The SMILES string of the molecule is Brc1cc(N2CCCC2)nc2cc(-c3ccnn3C3CCCCO3)sc12. The summed E-state index contributed by atoms with van der Waals surface area (Å²) in [7, 11) is 0. The van der Waals surface area contributed by atoms with Gasteiger partial charge in [-0.05, 0) is 66.2 Å². The second kappa shape index (κ2) is 6.94. The molecule has 1 atom stereocenters. The molecule has 2 saturated heterocycles. The maximum Gasteiger partial charge on any atom is 0.150 e. The van der Waals surface area contributed by atoms with Gasteiger partial charge in [-0.2, -0.15) is 5.10 Å². The largest absolute Gasteiger partial charge is 0.357 e. The van der Waals surface area contributed by atoms with Gasteiger partial charge in [-0.1, -0.05) is 0 Å². The van der Waals surface area contributed by atoms with Crippen LogP contribution in [0.3, 0.4) is 0 Å². The van der Waals surface area contributed by atoms with Crippen molar-refractivity contribution in [2.45, 2.75) is 38.3 Å². The first kappa shape index (κ1) is 16.7. The molecule has 0 aromatic carbocycles. The number of anilines is 1. The number of halogens is 1. The van der Waals surface area contributed by atoms with E-state index in [2.05, 4.69) is 44.1 Å². The number of aromatic nitrogens is 3. The molecule has 5 nitrogen and oxygen atoms in total. The van der Waals surface area contributed by atoms with Gasteiger partial charge in [0.1, 0.15) is 5.82 Å². The van der Waals surface area contributed by atoms with E-state index in [4.69, 9.17) is 9.72 Å². The van der Waals surface area contributed by atoms with Crippen LogP contribution in [0.2, 0.25) is 0 Å². The summed E-state index contributed by atoms with van der Waals surface area (Å²) in [4.78, 5) is 8.51. The monoisotopic (exact) mass is 432 g/mol. The van der Waals surface area contributed by atoms with Crippen LogP contribution >= 0.6 is 27.3 Å². The highest BCUT2D eigenvalue weighted by Crippen LogP contribution is 2.39. The van der Waals surface area contributed by atoms with Crippen LogP contribution in [0.1, 0.15) is 38.3 Å². The van der Waals surface area contributed by atoms with Crippen molar-refractivity contribution in [3.63, 3.8) is 0 Å². The van der Waals surface area contributed by atoms with Gasteiger partial charge >= 0.3 is 0 Å². The highest BCUT2D eigenvalue weighted by molar-refractivity contribution is 9.10. The van der Waals surface area contributed by atoms with Crippen LogP contribution in [-0.4, -0.2) is 34.5 Å². The van der Waals surface area contributed by atoms with Crippen molar-refractivity contribution in [3.05, 3.63) is 28.9 Å². The Kier molecular flexibility index (Phi) is 4.46. The molecule has 0 saturated carbocycles. The highest BCUT2D eigenvalue weighted by Gasteiger charge is 2.22. The molecule has 0 radical (unpaired) electrons. The Morgan fingerprint density at radius 2 is 2.04 bits per heavy atom. The van der Waals surface area contributed by atoms with E-state index in [9.17, 15) is 0 Å². The zero-order valence-corrected chi connectivity index (χ0v) is 16.9. The third kappa shape index (κ3) is 2.96. The predicted molar refractivity (Wildman–Crippen MR) is 109 cm³/mol. The number of thiophene rings is 1. The zero-order chi connectivity index (χ0) is 17.5. The van der Waals surface area contributed by atoms with Crippen LogP contribution < -0.4 is 4.90 Å². The second-order valence-electron chi connectivity index (χ2n) is 6.96. The molecule has 0 spiro atoms. The van der Waals surface area contributed by atoms with Gasteiger partial charge in [-0.25, -0.2) is 9.67 Å². The minimum absolute atomic E-state index is 0.0514. The first-order chi connectivity index (χ1) is 12.8. The smallest absolute Gasteiger partial charge is 0.150 e. The van der Waals surface area contributed by atoms with E-state index < -0.39 is 0 Å². The Morgan fingerprint density at radius 1 is 1.15 bits per heavy atom. The minimum Gasteiger partial charge on any atom is -0.357 e. The lowest BCUT2D eigenvalue weighted by Gasteiger charge is -2.24. The van der Waals surface area contributed by atoms with Gasteiger partial charge in [0.15, 0.2) is 6.23 Å². The molecule has 136 valence electrons. The lowest BCUT2D eigenvalue weighted by molar-refractivity contribution is -0.0383. The van der Waals surface area contributed by atoms with Gasteiger partial charge in [0, 0.05) is 30.4 Å². The highest BCUT2D eigenvalue weighted by atomic mass is 79.9. The summed E-state index contributed by atoms with van der Waals surface area (Å²) in [6.07, 6.45) is 7.81. The van der Waals surface area contributed by atoms with Crippen LogP contribution in [0.4, 0.5) is 5.82 Å². The Morgan fingerprint density at radius 3 is 2.85 bits per heavy atom. The van der Waals surface area contributed by atoms with Crippen molar-refractivity contribution in [1.82, 2.24) is 14.8 Å². The average Bonchev–Trinajstić information content (AvgIpc) is 3.41. The van der Waals surface area contributed by atoms with E-state index in [1.807, 2.05) is 10.9 Å². The lowest BCUT2D eigenvalue weighted by atomic mass is 10.2. The molecule has 0 N–H and O–H groups in total. The van der Waals surface area contributed by atoms with Crippen molar-refractivity contribution in [2.24, 2.45) is 0 Å². The van der Waals surface area contributed by atoms with E-state index in [0.717, 1.165) is 54.0 Å². The summed E-state index contributed by atoms with van der Waals surface area (Å²) in [5.74, 6) is 1.08. The van der Waals surface area contributed by atoms with Gasteiger partial charge in [0.2, 0.25) is 0 Å². The van der Waals surface area contributed by atoms with Gasteiger partial charge in [0.05, 0.1) is 20.8 Å². The molecule has 5 rings (SSSR count). The number of pyridine rings is 1. The molecule has 3 aromatic rings. The molecule has 0 aliphatic carbocycles. The Balaban J connectivity index is 1.54. The van der Waals surface area contributed by atoms with Crippen LogP contribution in [0.25, 0.3) is 20.8 Å². The maximum absolute atomic E-state index is 5.94. The molecular formula is C19H21BrN4OS. The van der Waals surface area contributed by atoms with Gasteiger partial charge in [0.25, 0.3) is 0 Å². The van der Waals surface area contributed by atoms with Crippen LogP contribution in [0.15, 0.2) is 28.9 Å². The molecule has 0 amide bonds. The van der Waals surface area contributed by atoms with Crippen molar-refractivity contribution in [2.75, 3.05) is 24.6 Å². The Labute approximate surface area is 165 Å². The third-order valence-electron chi connectivity index (χ3n) is 5.20. The molecule has 0 bridgehead atoms. The van der Waals surface area contributed by atoms with Gasteiger partial charge < -0.3 is 9.64 Å². The fourth-order valence-corrected chi connectivity index (χ4v) is 5.53. The van der Waals surface area contributed by atoms with Crippen LogP contribution in [0, 0.1) is 0 Å². The van der Waals surface area contributed by atoms with E-state index >= 15 is 0 Å². The topological polar surface area (TPSA) is 43.2 Å². The van der Waals surface area contributed by atoms with E-state index in [1.165, 1.54) is 28.8 Å². The summed E-state index contributed by atoms with van der Waals surface area (Å²) in [5, 5.41) is 4.55. The summed E-state index contributed by atoms with van der Waals surface area (Å²) in [6.45, 7) is 3.03. The number of ether oxygens (including phenoxy) is 1. The number of nitrogens with zero attached hydrogens (tertiary/aromatic N) is 4. The second-order valence-corrected chi connectivity index (χ2v) is 8.87. The number of fused-ring (bicyclic) bond motifs is 1. The van der Waals surface area contributed by atoms with Crippen molar-refractivity contribution < 1.29 is 4.74 Å². The molecule has 26 heavy (non-hydrogen) atoms. The number of hydrogen-bond acceptors (Lipinski definition) is 5. The first-order valence-corrected chi connectivity index (χ1v) is 10.9. The molecule has 3 aromatic heterocycles. The van der Waals surface area contributed by atoms with Gasteiger partial charge in [-0.3, -0.25) is 0 Å². The number of hydrogen-bond donors (Lipinski definition) is 0. The summed E-state index contributed by atoms with van der Waals surface area (Å²) in [6, 6.07) is 6.44. The standard InChI is InChI=1S/C19H21BrN4OS/c20-13-11-17(23-8-2-3-9-23)22-14-12-16(26-19(13)14)15-6-7-21-24(15)18-5-1-4-10-25-18/h6-7,11-12,18H,1-5,8-10H2. The first-order valence-electron chi connectivity index (χ1n) is 9.30. The average molecular weight is 433 g/mol. The van der Waals surface area contributed by atoms with E-state index in [-0.39, 0.29) is 6.23 Å². The molecule has 1 unspecified atom stereocenters. The van der Waals surface area contributed by atoms with Gasteiger partial charge in [-0.15, -0.1) is 11.3 Å². The summed E-state index contributed by atoms with van der Waals surface area (Å²) < 4.78 is 10.3. The molecular weight excluding hydrogens is 412 g/mol. The quantitative estimate of drug-likeness (QED) is 0.568. The fraction of sp³-hybridized carbons (Fsp3) is 0.474.